The Labute approximate surface area is 200 Å². The fourth-order valence-corrected chi connectivity index (χ4v) is 3.88. The zero-order valence-electron chi connectivity index (χ0n) is 18.9. The van der Waals surface area contributed by atoms with Crippen molar-refractivity contribution in [1.82, 2.24) is 9.55 Å². The Bertz CT molecular complexity index is 1430. The van der Waals surface area contributed by atoms with Gasteiger partial charge in [-0.25, -0.2) is 14.2 Å². The molecule has 9 nitrogen and oxygen atoms in total. The minimum Gasteiger partial charge on any atom is -0.492 e. The lowest BCUT2D eigenvalue weighted by atomic mass is 10.1. The summed E-state index contributed by atoms with van der Waals surface area (Å²) in [6, 6.07) is 14.7. The number of fused-ring (bicyclic) bond motifs is 1. The molecule has 2 aromatic heterocycles. The molecule has 5 N–H and O–H groups in total. The molecule has 0 saturated carbocycles. The van der Waals surface area contributed by atoms with Gasteiger partial charge in [0.15, 0.2) is 11.6 Å². The number of carbonyl (C=O) groups is 1. The summed E-state index contributed by atoms with van der Waals surface area (Å²) >= 11 is 0. The molecule has 180 valence electrons. The first-order valence-electron chi connectivity index (χ1n) is 10.8. The van der Waals surface area contributed by atoms with Gasteiger partial charge in [-0.1, -0.05) is 36.4 Å². The van der Waals surface area contributed by atoms with Gasteiger partial charge in [-0.05, 0) is 17.7 Å². The number of methoxy groups -OCH3 is 1. The Morgan fingerprint density at radius 2 is 1.86 bits per heavy atom. The molecule has 0 atom stereocenters. The number of nitrogen functional groups attached to an aromatic ring is 1. The number of aromatic nitrogens is 2. The third-order valence-corrected chi connectivity index (χ3v) is 5.48. The summed E-state index contributed by atoms with van der Waals surface area (Å²) in [7, 11) is 1.35. The number of carboxylic acids is 1. The number of halogens is 1. The minimum absolute atomic E-state index is 0.0235. The van der Waals surface area contributed by atoms with Crippen LogP contribution in [0.1, 0.15) is 15.9 Å². The fourth-order valence-electron chi connectivity index (χ4n) is 3.88. The average Bonchev–Trinajstić information content (AvgIpc) is 2.86. The van der Waals surface area contributed by atoms with Crippen molar-refractivity contribution in [3.63, 3.8) is 0 Å². The van der Waals surface area contributed by atoms with E-state index in [-0.39, 0.29) is 35.4 Å². The van der Waals surface area contributed by atoms with E-state index in [2.05, 4.69) is 15.6 Å². The number of nitrogens with two attached hydrogens (primary N) is 1. The third kappa shape index (κ3) is 4.72. The second-order valence-electron chi connectivity index (χ2n) is 7.72. The molecule has 0 spiro atoms. The molecule has 0 aliphatic rings. The van der Waals surface area contributed by atoms with Crippen molar-refractivity contribution >= 4 is 34.1 Å². The molecule has 0 saturated heterocycles. The SMILES string of the molecule is COc1c(NCCNc2ccccn2)c(F)c(N)c2c(=O)c(C(=O)O)cn(Cc3ccccc3)c12. The average molecular weight is 477 g/mol. The van der Waals surface area contributed by atoms with Gasteiger partial charge >= 0.3 is 5.97 Å². The topological polar surface area (TPSA) is 132 Å². The Kier molecular flexibility index (Phi) is 6.81. The molecule has 0 amide bonds. The van der Waals surface area contributed by atoms with Crippen LogP contribution in [-0.2, 0) is 6.54 Å². The van der Waals surface area contributed by atoms with Crippen molar-refractivity contribution in [1.29, 1.82) is 0 Å². The molecule has 4 rings (SSSR count). The first-order valence-corrected chi connectivity index (χ1v) is 10.8. The summed E-state index contributed by atoms with van der Waals surface area (Å²) in [6.07, 6.45) is 2.88. The summed E-state index contributed by atoms with van der Waals surface area (Å²) < 4.78 is 22.5. The molecule has 2 heterocycles. The van der Waals surface area contributed by atoms with Crippen LogP contribution in [0.2, 0.25) is 0 Å². The van der Waals surface area contributed by atoms with Crippen LogP contribution in [-0.4, -0.2) is 40.8 Å². The van der Waals surface area contributed by atoms with Gasteiger partial charge < -0.3 is 30.8 Å². The van der Waals surface area contributed by atoms with Gasteiger partial charge in [-0.2, -0.15) is 0 Å². The molecule has 0 radical (unpaired) electrons. The standard InChI is InChI=1S/C25H24FN5O4/c1-35-24-21(30-12-11-29-17-9-5-6-10-28-17)19(26)20(27)18-22(24)31(13-15-7-3-2-4-8-15)14-16(23(18)32)25(33)34/h2-10,14,30H,11-13,27H2,1H3,(H,28,29)(H,33,34). The van der Waals surface area contributed by atoms with Crippen LogP contribution in [0.25, 0.3) is 10.9 Å². The molecule has 0 bridgehead atoms. The van der Waals surface area contributed by atoms with Gasteiger partial charge in [0, 0.05) is 32.0 Å². The van der Waals surface area contributed by atoms with Crippen molar-refractivity contribution in [3.8, 4) is 5.75 Å². The zero-order valence-corrected chi connectivity index (χ0v) is 18.9. The van der Waals surface area contributed by atoms with Gasteiger partial charge in [-0.15, -0.1) is 0 Å². The number of hydrogen-bond acceptors (Lipinski definition) is 7. The van der Waals surface area contributed by atoms with Crippen molar-refractivity contribution in [3.05, 3.63) is 88.1 Å². The summed E-state index contributed by atoms with van der Waals surface area (Å²) in [4.78, 5) is 29.0. The molecule has 0 unspecified atom stereocenters. The van der Waals surface area contributed by atoms with E-state index in [0.717, 1.165) is 5.56 Å². The third-order valence-electron chi connectivity index (χ3n) is 5.48. The monoisotopic (exact) mass is 477 g/mol. The smallest absolute Gasteiger partial charge is 0.341 e. The van der Waals surface area contributed by atoms with E-state index < -0.39 is 28.5 Å². The summed E-state index contributed by atoms with van der Waals surface area (Å²) in [5.41, 5.74) is 5.24. The number of pyridine rings is 2. The number of ether oxygens (including phenoxy) is 1. The van der Waals surface area contributed by atoms with E-state index in [1.165, 1.54) is 13.3 Å². The van der Waals surface area contributed by atoms with Crippen LogP contribution in [0.15, 0.2) is 65.7 Å². The predicted octanol–water partition coefficient (Wildman–Crippen LogP) is 3.40. The molecule has 4 aromatic rings. The van der Waals surface area contributed by atoms with E-state index in [4.69, 9.17) is 10.5 Å². The van der Waals surface area contributed by atoms with Gasteiger partial charge in [0.25, 0.3) is 0 Å². The highest BCUT2D eigenvalue weighted by Crippen LogP contribution is 2.39. The molecule has 0 fully saturated rings. The van der Waals surface area contributed by atoms with E-state index >= 15 is 4.39 Å². The zero-order chi connectivity index (χ0) is 24.9. The first kappa shape index (κ1) is 23.6. The number of aromatic carboxylic acids is 1. The van der Waals surface area contributed by atoms with Crippen molar-refractivity contribution in [2.75, 3.05) is 36.6 Å². The van der Waals surface area contributed by atoms with Crippen LogP contribution in [0.3, 0.4) is 0 Å². The highest BCUT2D eigenvalue weighted by Gasteiger charge is 2.26. The van der Waals surface area contributed by atoms with Crippen molar-refractivity contribution < 1.29 is 19.0 Å². The lowest BCUT2D eigenvalue weighted by Crippen LogP contribution is -2.22. The molecule has 35 heavy (non-hydrogen) atoms. The van der Waals surface area contributed by atoms with Crippen molar-refractivity contribution in [2.24, 2.45) is 0 Å². The fraction of sp³-hybridized carbons (Fsp3) is 0.160. The van der Waals surface area contributed by atoms with Gasteiger partial charge in [0.1, 0.15) is 17.1 Å². The van der Waals surface area contributed by atoms with Crippen LogP contribution >= 0.6 is 0 Å². The van der Waals surface area contributed by atoms with E-state index in [1.54, 1.807) is 22.9 Å². The second kappa shape index (κ2) is 10.1. The van der Waals surface area contributed by atoms with Gasteiger partial charge in [0.2, 0.25) is 5.43 Å². The Hall–Kier alpha value is -4.60. The Morgan fingerprint density at radius 3 is 2.51 bits per heavy atom. The Morgan fingerprint density at radius 1 is 1.14 bits per heavy atom. The highest BCUT2D eigenvalue weighted by molar-refractivity contribution is 6.03. The lowest BCUT2D eigenvalue weighted by Gasteiger charge is -2.21. The first-order chi connectivity index (χ1) is 16.9. The van der Waals surface area contributed by atoms with Gasteiger partial charge in [0.05, 0.1) is 23.7 Å². The van der Waals surface area contributed by atoms with E-state index in [0.29, 0.717) is 12.4 Å². The maximum absolute atomic E-state index is 15.4. The number of benzene rings is 2. The number of anilines is 3. The number of carboxylic acid groups (broad SMARTS) is 1. The molecule has 10 heteroatoms. The second-order valence-corrected chi connectivity index (χ2v) is 7.72. The molecule has 0 aliphatic carbocycles. The molecule has 0 aliphatic heterocycles. The molecule has 2 aromatic carbocycles. The number of rotatable bonds is 9. The number of hydrogen-bond donors (Lipinski definition) is 4. The normalized spacial score (nSPS) is 10.8. The van der Waals surface area contributed by atoms with E-state index in [1.807, 2.05) is 36.4 Å². The van der Waals surface area contributed by atoms with Crippen LogP contribution in [0.4, 0.5) is 21.6 Å². The molecular weight excluding hydrogens is 453 g/mol. The maximum atomic E-state index is 15.4. The van der Waals surface area contributed by atoms with Crippen LogP contribution in [0, 0.1) is 5.82 Å². The highest BCUT2D eigenvalue weighted by atomic mass is 19.1. The number of nitrogens with one attached hydrogen (secondary N) is 2. The van der Waals surface area contributed by atoms with Crippen molar-refractivity contribution in [2.45, 2.75) is 6.54 Å². The van der Waals surface area contributed by atoms with Gasteiger partial charge in [-0.3, -0.25) is 4.79 Å². The summed E-state index contributed by atoms with van der Waals surface area (Å²) in [5, 5.41) is 15.4. The minimum atomic E-state index is -1.43. The molecular formula is C25H24FN5O4. The quantitative estimate of drug-likeness (QED) is 0.213. The predicted molar refractivity (Wildman–Crippen MR) is 133 cm³/mol. The van der Waals surface area contributed by atoms with E-state index in [9.17, 15) is 14.7 Å². The Balaban J connectivity index is 1.81. The maximum Gasteiger partial charge on any atom is 0.341 e. The van der Waals surface area contributed by atoms with Crippen LogP contribution < -0.4 is 26.5 Å². The summed E-state index contributed by atoms with van der Waals surface area (Å²) in [5.74, 6) is -1.61. The largest absolute Gasteiger partial charge is 0.492 e. The number of nitrogens with zero attached hydrogens (tertiary/aromatic N) is 2. The lowest BCUT2D eigenvalue weighted by molar-refractivity contribution is 0.0695. The van der Waals surface area contributed by atoms with Crippen LogP contribution in [0.5, 0.6) is 5.75 Å². The summed E-state index contributed by atoms with van der Waals surface area (Å²) in [6.45, 7) is 0.900.